The van der Waals surface area contributed by atoms with Crippen LogP contribution in [-0.4, -0.2) is 42.7 Å². The van der Waals surface area contributed by atoms with Crippen LogP contribution >= 0.6 is 0 Å². The number of rotatable bonds is 3. The van der Waals surface area contributed by atoms with Gasteiger partial charge in [0.05, 0.1) is 12.1 Å². The molecule has 0 radical (unpaired) electrons. The second kappa shape index (κ2) is 5.62. The van der Waals surface area contributed by atoms with E-state index in [4.69, 9.17) is 10.5 Å². The normalized spacial score (nSPS) is 21.4. The summed E-state index contributed by atoms with van der Waals surface area (Å²) in [4.78, 5) is 13.0. The fourth-order valence-corrected chi connectivity index (χ4v) is 2.08. The molecule has 1 aliphatic rings. The van der Waals surface area contributed by atoms with Gasteiger partial charge in [-0.05, 0) is 32.6 Å². The van der Waals surface area contributed by atoms with Crippen LogP contribution in [0, 0.1) is 5.92 Å². The van der Waals surface area contributed by atoms with Crippen LogP contribution in [0.3, 0.4) is 0 Å². The molecule has 1 rings (SSSR count). The monoisotopic (exact) mass is 250 g/mol. The lowest BCUT2D eigenvalue weighted by Gasteiger charge is -2.39. The van der Waals surface area contributed by atoms with Crippen molar-refractivity contribution in [3.63, 3.8) is 0 Å². The highest BCUT2D eigenvalue weighted by molar-refractivity contribution is 5.67. The van der Waals surface area contributed by atoms with Gasteiger partial charge in [-0.25, -0.2) is 13.6 Å². The lowest BCUT2D eigenvalue weighted by Crippen LogP contribution is -2.54. The molecule has 1 aliphatic heterocycles. The number of alkyl halides is 2. The molecule has 1 unspecified atom stereocenters. The summed E-state index contributed by atoms with van der Waals surface area (Å²) in [6.45, 7) is 4.30. The zero-order chi connectivity index (χ0) is 13.1. The molecule has 6 heteroatoms. The van der Waals surface area contributed by atoms with E-state index in [-0.39, 0.29) is 12.0 Å². The van der Waals surface area contributed by atoms with Gasteiger partial charge in [-0.2, -0.15) is 0 Å². The molecule has 0 aliphatic carbocycles. The minimum Gasteiger partial charge on any atom is -0.450 e. The van der Waals surface area contributed by atoms with E-state index in [0.29, 0.717) is 32.5 Å². The predicted octanol–water partition coefficient (Wildman–Crippen LogP) is 1.84. The molecular weight excluding hydrogens is 230 g/mol. The summed E-state index contributed by atoms with van der Waals surface area (Å²) >= 11 is 0. The first-order chi connectivity index (χ1) is 7.89. The Morgan fingerprint density at radius 1 is 1.53 bits per heavy atom. The number of piperidine rings is 1. The number of likely N-dealkylation sites (tertiary alicyclic amines) is 1. The van der Waals surface area contributed by atoms with Crippen LogP contribution < -0.4 is 5.73 Å². The molecule has 0 aromatic rings. The molecule has 1 amide bonds. The van der Waals surface area contributed by atoms with Gasteiger partial charge in [-0.3, -0.25) is 0 Å². The number of hydrogen-bond donors (Lipinski definition) is 1. The molecule has 0 aromatic carbocycles. The van der Waals surface area contributed by atoms with Crippen LogP contribution in [0.25, 0.3) is 0 Å². The summed E-state index contributed by atoms with van der Waals surface area (Å²) in [5.74, 6) is -0.256. The number of nitrogens with zero attached hydrogens (tertiary/aromatic N) is 1. The van der Waals surface area contributed by atoms with Gasteiger partial charge in [0.15, 0.2) is 0 Å². The van der Waals surface area contributed by atoms with Gasteiger partial charge < -0.3 is 15.4 Å². The fourth-order valence-electron chi connectivity index (χ4n) is 2.08. The number of halogens is 2. The third-order valence-electron chi connectivity index (χ3n) is 3.37. The highest BCUT2D eigenvalue weighted by Gasteiger charge is 2.41. The van der Waals surface area contributed by atoms with E-state index in [9.17, 15) is 13.6 Å². The molecule has 0 saturated carbocycles. The topological polar surface area (TPSA) is 55.6 Å². The van der Waals surface area contributed by atoms with E-state index < -0.39 is 12.0 Å². The lowest BCUT2D eigenvalue weighted by molar-refractivity contribution is 0.00612. The summed E-state index contributed by atoms with van der Waals surface area (Å²) in [5, 5.41) is 0. The number of nitrogens with two attached hydrogens (primary N) is 1. The first kappa shape index (κ1) is 14.2. The third kappa shape index (κ3) is 3.28. The van der Waals surface area contributed by atoms with Crippen LogP contribution in [0.5, 0.6) is 0 Å². The highest BCUT2D eigenvalue weighted by Crippen LogP contribution is 2.31. The number of amides is 1. The van der Waals surface area contributed by atoms with Crippen molar-refractivity contribution in [1.29, 1.82) is 0 Å². The molecule has 0 aromatic heterocycles. The van der Waals surface area contributed by atoms with E-state index in [2.05, 4.69) is 0 Å². The maximum atomic E-state index is 12.7. The molecule has 2 N–H and O–H groups in total. The zero-order valence-electron chi connectivity index (χ0n) is 10.3. The van der Waals surface area contributed by atoms with Gasteiger partial charge in [0.1, 0.15) is 0 Å². The molecule has 17 heavy (non-hydrogen) atoms. The van der Waals surface area contributed by atoms with E-state index in [1.54, 1.807) is 11.8 Å². The molecule has 1 saturated heterocycles. The van der Waals surface area contributed by atoms with Gasteiger partial charge in [-0.15, -0.1) is 0 Å². The first-order valence-electron chi connectivity index (χ1n) is 5.88. The summed E-state index contributed by atoms with van der Waals surface area (Å²) < 4.78 is 30.3. The second-order valence-corrected chi connectivity index (χ2v) is 4.63. The van der Waals surface area contributed by atoms with Gasteiger partial charge >= 0.3 is 6.09 Å². The Morgan fingerprint density at radius 2 is 2.06 bits per heavy atom. The zero-order valence-corrected chi connectivity index (χ0v) is 10.3. The summed E-state index contributed by atoms with van der Waals surface area (Å²) in [5.41, 5.74) is 4.16. The van der Waals surface area contributed by atoms with Gasteiger partial charge in [-0.1, -0.05) is 0 Å². The Hall–Kier alpha value is -0.910. The Balaban J connectivity index is 2.48. The van der Waals surface area contributed by atoms with E-state index in [1.165, 1.54) is 6.92 Å². The average molecular weight is 250 g/mol. The summed E-state index contributed by atoms with van der Waals surface area (Å²) in [6.07, 6.45) is -1.92. The number of carbonyl (C=O) groups excluding carboxylic acids is 1. The van der Waals surface area contributed by atoms with Crippen LogP contribution in [-0.2, 0) is 4.74 Å². The van der Waals surface area contributed by atoms with E-state index >= 15 is 0 Å². The molecule has 100 valence electrons. The quantitative estimate of drug-likeness (QED) is 0.831. The Morgan fingerprint density at radius 3 is 2.47 bits per heavy atom. The van der Waals surface area contributed by atoms with Gasteiger partial charge in [0.2, 0.25) is 0 Å². The fraction of sp³-hybridized carbons (Fsp3) is 0.909. The number of carbonyl (C=O) groups is 1. The van der Waals surface area contributed by atoms with Crippen LogP contribution in [0.2, 0.25) is 0 Å². The molecule has 0 bridgehead atoms. The van der Waals surface area contributed by atoms with Gasteiger partial charge in [0, 0.05) is 13.1 Å². The average Bonchev–Trinajstić information content (AvgIpc) is 2.29. The van der Waals surface area contributed by atoms with Crippen molar-refractivity contribution in [1.82, 2.24) is 4.90 Å². The van der Waals surface area contributed by atoms with Crippen LogP contribution in [0.15, 0.2) is 0 Å². The van der Waals surface area contributed by atoms with Crippen molar-refractivity contribution in [2.45, 2.75) is 38.7 Å². The standard InChI is InChI=1S/C11H20F2N2O2/c1-3-17-10(16)15-6-4-8(5-7-15)11(2,14)9(12)13/h8-9H,3-7,14H2,1-2H3. The second-order valence-electron chi connectivity index (χ2n) is 4.63. The third-order valence-corrected chi connectivity index (χ3v) is 3.37. The molecule has 1 fully saturated rings. The smallest absolute Gasteiger partial charge is 0.409 e. The van der Waals surface area contributed by atoms with Crippen molar-refractivity contribution in [3.8, 4) is 0 Å². The molecular formula is C11H20F2N2O2. The van der Waals surface area contributed by atoms with Crippen LogP contribution in [0.4, 0.5) is 13.6 Å². The number of hydrogen-bond acceptors (Lipinski definition) is 3. The first-order valence-corrected chi connectivity index (χ1v) is 5.88. The lowest BCUT2D eigenvalue weighted by atomic mass is 9.80. The van der Waals surface area contributed by atoms with Crippen molar-refractivity contribution >= 4 is 6.09 Å². The molecule has 1 heterocycles. The van der Waals surface area contributed by atoms with Crippen LogP contribution in [0.1, 0.15) is 26.7 Å². The highest BCUT2D eigenvalue weighted by atomic mass is 19.3. The maximum absolute atomic E-state index is 12.7. The van der Waals surface area contributed by atoms with Crippen molar-refractivity contribution < 1.29 is 18.3 Å². The van der Waals surface area contributed by atoms with E-state index in [1.807, 2.05) is 0 Å². The predicted molar refractivity (Wildman–Crippen MR) is 59.9 cm³/mol. The Bertz CT molecular complexity index is 264. The molecule has 1 atom stereocenters. The maximum Gasteiger partial charge on any atom is 0.409 e. The van der Waals surface area contributed by atoms with Crippen molar-refractivity contribution in [2.75, 3.05) is 19.7 Å². The SMILES string of the molecule is CCOC(=O)N1CCC(C(C)(N)C(F)F)CC1. The Labute approximate surface area is 100 Å². The van der Waals surface area contributed by atoms with Crippen molar-refractivity contribution in [2.24, 2.45) is 11.7 Å². The Kier molecular flexibility index (Phi) is 4.68. The summed E-state index contributed by atoms with van der Waals surface area (Å²) in [7, 11) is 0. The minimum absolute atomic E-state index is 0.256. The minimum atomic E-state index is -2.54. The summed E-state index contributed by atoms with van der Waals surface area (Å²) in [6, 6.07) is 0. The molecule has 4 nitrogen and oxygen atoms in total. The van der Waals surface area contributed by atoms with E-state index in [0.717, 1.165) is 0 Å². The largest absolute Gasteiger partial charge is 0.450 e. The molecule has 0 spiro atoms. The van der Waals surface area contributed by atoms with Gasteiger partial charge in [0.25, 0.3) is 6.43 Å². The van der Waals surface area contributed by atoms with Crippen molar-refractivity contribution in [3.05, 3.63) is 0 Å². The number of ether oxygens (including phenoxy) is 1.